The quantitative estimate of drug-likeness (QED) is 0.867. The first-order chi connectivity index (χ1) is 10.9. The van der Waals surface area contributed by atoms with Gasteiger partial charge in [0.15, 0.2) is 0 Å². The van der Waals surface area contributed by atoms with Crippen LogP contribution < -0.4 is 5.32 Å². The summed E-state index contributed by atoms with van der Waals surface area (Å²) in [5, 5.41) is 2.85. The molecule has 0 aliphatic rings. The van der Waals surface area contributed by atoms with E-state index in [1.165, 1.54) is 0 Å². The monoisotopic (exact) mass is 311 g/mol. The number of hydrogen-bond acceptors (Lipinski definition) is 3. The van der Waals surface area contributed by atoms with Crippen LogP contribution in [0.2, 0.25) is 0 Å². The molecular formula is C19H21NO3. The molecule has 2 aromatic rings. The van der Waals surface area contributed by atoms with Crippen LogP contribution in [-0.2, 0) is 4.74 Å². The fourth-order valence-corrected chi connectivity index (χ4v) is 2.67. The van der Waals surface area contributed by atoms with E-state index in [9.17, 15) is 9.59 Å². The highest BCUT2D eigenvalue weighted by Crippen LogP contribution is 2.19. The molecule has 0 atom stereocenters. The maximum Gasteiger partial charge on any atom is 0.338 e. The summed E-state index contributed by atoms with van der Waals surface area (Å²) in [6.07, 6.45) is 0. The van der Waals surface area contributed by atoms with Crippen LogP contribution in [0.15, 0.2) is 36.4 Å². The Kier molecular flexibility index (Phi) is 5.16. The molecule has 0 radical (unpaired) electrons. The van der Waals surface area contributed by atoms with Crippen molar-refractivity contribution in [2.24, 2.45) is 0 Å². The average molecular weight is 311 g/mol. The number of carbonyl (C=O) groups is 2. The first kappa shape index (κ1) is 16.7. The van der Waals surface area contributed by atoms with Crippen LogP contribution in [0.3, 0.4) is 0 Å². The lowest BCUT2D eigenvalue weighted by Gasteiger charge is -2.12. The molecule has 4 nitrogen and oxygen atoms in total. The Morgan fingerprint density at radius 1 is 1.04 bits per heavy atom. The van der Waals surface area contributed by atoms with Crippen molar-refractivity contribution in [3.63, 3.8) is 0 Å². The molecule has 0 aromatic heterocycles. The van der Waals surface area contributed by atoms with Crippen LogP contribution in [0, 0.1) is 20.8 Å². The molecule has 0 heterocycles. The lowest BCUT2D eigenvalue weighted by Crippen LogP contribution is -2.15. The van der Waals surface area contributed by atoms with Gasteiger partial charge in [-0.2, -0.15) is 0 Å². The van der Waals surface area contributed by atoms with Gasteiger partial charge in [-0.25, -0.2) is 4.79 Å². The van der Waals surface area contributed by atoms with Gasteiger partial charge in [-0.05, 0) is 57.0 Å². The van der Waals surface area contributed by atoms with E-state index < -0.39 is 5.97 Å². The second kappa shape index (κ2) is 7.09. The Morgan fingerprint density at radius 2 is 1.70 bits per heavy atom. The predicted octanol–water partition coefficient (Wildman–Crippen LogP) is 4.04. The van der Waals surface area contributed by atoms with E-state index in [0.29, 0.717) is 23.4 Å². The third kappa shape index (κ3) is 3.97. The van der Waals surface area contributed by atoms with Gasteiger partial charge < -0.3 is 10.1 Å². The summed E-state index contributed by atoms with van der Waals surface area (Å²) in [6.45, 7) is 7.92. The molecule has 0 fully saturated rings. The molecule has 0 saturated carbocycles. The fraction of sp³-hybridized carbons (Fsp3) is 0.263. The largest absolute Gasteiger partial charge is 0.462 e. The number of benzene rings is 2. The van der Waals surface area contributed by atoms with Gasteiger partial charge in [-0.15, -0.1) is 0 Å². The fourth-order valence-electron chi connectivity index (χ4n) is 2.67. The van der Waals surface area contributed by atoms with Crippen molar-refractivity contribution in [1.29, 1.82) is 0 Å². The zero-order valence-electron chi connectivity index (χ0n) is 13.9. The van der Waals surface area contributed by atoms with E-state index in [1.807, 2.05) is 32.9 Å². The first-order valence-electron chi connectivity index (χ1n) is 7.58. The summed E-state index contributed by atoms with van der Waals surface area (Å²) in [6, 6.07) is 10.7. The summed E-state index contributed by atoms with van der Waals surface area (Å²) in [5.41, 5.74) is 4.64. The van der Waals surface area contributed by atoms with Gasteiger partial charge in [0.05, 0.1) is 12.2 Å². The molecule has 0 aliphatic heterocycles. The van der Waals surface area contributed by atoms with Gasteiger partial charge in [-0.1, -0.05) is 23.8 Å². The first-order valence-corrected chi connectivity index (χ1v) is 7.58. The summed E-state index contributed by atoms with van der Waals surface area (Å²) >= 11 is 0. The van der Waals surface area contributed by atoms with Crippen molar-refractivity contribution in [3.8, 4) is 0 Å². The Hall–Kier alpha value is -2.62. The minimum atomic E-state index is -0.397. The molecule has 4 heteroatoms. The maximum atomic E-state index is 12.5. The predicted molar refractivity (Wildman–Crippen MR) is 91.0 cm³/mol. The summed E-state index contributed by atoms with van der Waals surface area (Å²) in [4.78, 5) is 24.3. The van der Waals surface area contributed by atoms with Crippen molar-refractivity contribution in [3.05, 3.63) is 64.2 Å². The molecule has 23 heavy (non-hydrogen) atoms. The second-order valence-corrected chi connectivity index (χ2v) is 5.53. The molecule has 0 bridgehead atoms. The SMILES string of the molecule is CCOC(=O)c1cccc(NC(=O)c2c(C)cc(C)cc2C)c1. The van der Waals surface area contributed by atoms with Crippen molar-refractivity contribution < 1.29 is 14.3 Å². The minimum Gasteiger partial charge on any atom is -0.462 e. The van der Waals surface area contributed by atoms with E-state index in [2.05, 4.69) is 5.32 Å². The number of rotatable bonds is 4. The maximum absolute atomic E-state index is 12.5. The van der Waals surface area contributed by atoms with Crippen molar-refractivity contribution in [2.75, 3.05) is 11.9 Å². The number of ether oxygens (including phenoxy) is 1. The minimum absolute atomic E-state index is 0.180. The van der Waals surface area contributed by atoms with Crippen LogP contribution in [0.4, 0.5) is 5.69 Å². The molecule has 0 saturated heterocycles. The van der Waals surface area contributed by atoms with Crippen molar-refractivity contribution in [1.82, 2.24) is 0 Å². The molecule has 2 aromatic carbocycles. The zero-order chi connectivity index (χ0) is 17.0. The van der Waals surface area contributed by atoms with Gasteiger partial charge in [-0.3, -0.25) is 4.79 Å². The Balaban J connectivity index is 2.24. The van der Waals surface area contributed by atoms with Crippen LogP contribution in [0.5, 0.6) is 0 Å². The van der Waals surface area contributed by atoms with Crippen molar-refractivity contribution >= 4 is 17.6 Å². The number of carbonyl (C=O) groups excluding carboxylic acids is 2. The van der Waals surface area contributed by atoms with E-state index in [1.54, 1.807) is 31.2 Å². The molecule has 0 aliphatic carbocycles. The number of nitrogens with one attached hydrogen (secondary N) is 1. The normalized spacial score (nSPS) is 10.3. The van der Waals surface area contributed by atoms with Crippen LogP contribution in [-0.4, -0.2) is 18.5 Å². The highest BCUT2D eigenvalue weighted by Gasteiger charge is 2.14. The van der Waals surface area contributed by atoms with Gasteiger partial charge >= 0.3 is 5.97 Å². The van der Waals surface area contributed by atoms with Gasteiger partial charge in [0.25, 0.3) is 5.91 Å². The molecule has 0 unspecified atom stereocenters. The van der Waals surface area contributed by atoms with E-state index in [-0.39, 0.29) is 5.91 Å². The molecule has 0 spiro atoms. The van der Waals surface area contributed by atoms with Gasteiger partial charge in [0, 0.05) is 11.3 Å². The Morgan fingerprint density at radius 3 is 2.30 bits per heavy atom. The van der Waals surface area contributed by atoms with Crippen LogP contribution in [0.1, 0.15) is 44.3 Å². The zero-order valence-corrected chi connectivity index (χ0v) is 13.9. The molecular weight excluding hydrogens is 290 g/mol. The molecule has 2 rings (SSSR count). The second-order valence-electron chi connectivity index (χ2n) is 5.53. The smallest absolute Gasteiger partial charge is 0.338 e. The standard InChI is InChI=1S/C19H21NO3/c1-5-23-19(22)15-7-6-8-16(11-15)20-18(21)17-13(3)9-12(2)10-14(17)4/h6-11H,5H2,1-4H3,(H,20,21). The molecule has 1 N–H and O–H groups in total. The van der Waals surface area contributed by atoms with E-state index >= 15 is 0 Å². The number of esters is 1. The number of aryl methyl sites for hydroxylation is 3. The lowest BCUT2D eigenvalue weighted by molar-refractivity contribution is 0.0526. The Bertz CT molecular complexity index is 727. The Labute approximate surface area is 136 Å². The molecule has 1 amide bonds. The summed E-state index contributed by atoms with van der Waals surface area (Å²) in [7, 11) is 0. The highest BCUT2D eigenvalue weighted by molar-refractivity contribution is 6.06. The third-order valence-corrected chi connectivity index (χ3v) is 3.54. The third-order valence-electron chi connectivity index (χ3n) is 3.54. The number of amides is 1. The average Bonchev–Trinajstić information content (AvgIpc) is 2.46. The molecule has 120 valence electrons. The lowest BCUT2D eigenvalue weighted by atomic mass is 9.99. The van der Waals surface area contributed by atoms with Gasteiger partial charge in [0.1, 0.15) is 0 Å². The summed E-state index contributed by atoms with van der Waals surface area (Å²) < 4.78 is 4.97. The van der Waals surface area contributed by atoms with Crippen LogP contribution >= 0.6 is 0 Å². The highest BCUT2D eigenvalue weighted by atomic mass is 16.5. The topological polar surface area (TPSA) is 55.4 Å². The van der Waals surface area contributed by atoms with E-state index in [4.69, 9.17) is 4.74 Å². The number of hydrogen-bond donors (Lipinski definition) is 1. The number of anilines is 1. The van der Waals surface area contributed by atoms with Crippen molar-refractivity contribution in [2.45, 2.75) is 27.7 Å². The van der Waals surface area contributed by atoms with Crippen LogP contribution in [0.25, 0.3) is 0 Å². The van der Waals surface area contributed by atoms with Gasteiger partial charge in [0.2, 0.25) is 0 Å². The summed E-state index contributed by atoms with van der Waals surface area (Å²) in [5.74, 6) is -0.577. The van der Waals surface area contributed by atoms with E-state index in [0.717, 1.165) is 16.7 Å².